The second-order valence-corrected chi connectivity index (χ2v) is 5.68. The van der Waals surface area contributed by atoms with E-state index in [9.17, 15) is 4.79 Å². The molecule has 0 spiro atoms. The van der Waals surface area contributed by atoms with E-state index in [1.807, 2.05) is 6.92 Å². The number of rotatable bonds is 6. The Hall–Kier alpha value is -1.58. The number of aromatic nitrogens is 1. The number of pyridine rings is 1. The van der Waals surface area contributed by atoms with Gasteiger partial charge in [-0.1, -0.05) is 26.2 Å². The molecule has 4 nitrogen and oxygen atoms in total. The Balaban J connectivity index is 2.11. The van der Waals surface area contributed by atoms with Crippen LogP contribution in [-0.2, 0) is 4.74 Å². The lowest BCUT2D eigenvalue weighted by molar-refractivity contribution is 0.0527. The first kappa shape index (κ1) is 15.8. The maximum absolute atomic E-state index is 12.0. The van der Waals surface area contributed by atoms with Crippen LogP contribution in [-0.4, -0.2) is 23.6 Å². The molecule has 21 heavy (non-hydrogen) atoms. The maximum atomic E-state index is 12.0. The summed E-state index contributed by atoms with van der Waals surface area (Å²) in [5.41, 5.74) is 0.536. The van der Waals surface area contributed by atoms with Gasteiger partial charge in [-0.2, -0.15) is 0 Å². The largest absolute Gasteiger partial charge is 0.462 e. The molecule has 0 radical (unpaired) electrons. The normalized spacial score (nSPS) is 17.2. The first-order valence-electron chi connectivity index (χ1n) is 8.15. The standard InChI is InChI=1S/C17H26N2O2/c1-3-15(13-9-6-5-7-10-13)19-16-14(11-8-12-18-16)17(20)21-4-2/h8,11-13,15H,3-7,9-10H2,1-2H3,(H,18,19). The first-order valence-corrected chi connectivity index (χ1v) is 8.15. The smallest absolute Gasteiger partial charge is 0.341 e. The highest BCUT2D eigenvalue weighted by molar-refractivity contribution is 5.94. The molecule has 0 aromatic carbocycles. The highest BCUT2D eigenvalue weighted by Crippen LogP contribution is 2.29. The van der Waals surface area contributed by atoms with Crippen LogP contribution in [0.1, 0.15) is 62.7 Å². The van der Waals surface area contributed by atoms with E-state index in [0.717, 1.165) is 6.42 Å². The minimum atomic E-state index is -0.299. The van der Waals surface area contributed by atoms with Gasteiger partial charge in [-0.05, 0) is 44.2 Å². The highest BCUT2D eigenvalue weighted by Gasteiger charge is 2.24. The van der Waals surface area contributed by atoms with E-state index in [2.05, 4.69) is 17.2 Å². The molecule has 1 unspecified atom stereocenters. The zero-order valence-electron chi connectivity index (χ0n) is 13.1. The minimum absolute atomic E-state index is 0.299. The molecule has 1 fully saturated rings. The molecular formula is C17H26N2O2. The van der Waals surface area contributed by atoms with Crippen LogP contribution in [0.5, 0.6) is 0 Å². The maximum Gasteiger partial charge on any atom is 0.341 e. The molecule has 2 rings (SSSR count). The van der Waals surface area contributed by atoms with Crippen molar-refractivity contribution in [1.29, 1.82) is 0 Å². The van der Waals surface area contributed by atoms with Gasteiger partial charge in [0.25, 0.3) is 0 Å². The Morgan fingerprint density at radius 3 is 2.81 bits per heavy atom. The molecule has 1 saturated carbocycles. The number of carbonyl (C=O) groups excluding carboxylic acids is 1. The van der Waals surface area contributed by atoms with Gasteiger partial charge in [0, 0.05) is 12.2 Å². The molecule has 0 aliphatic heterocycles. The molecule has 0 bridgehead atoms. The van der Waals surface area contributed by atoms with Crippen LogP contribution < -0.4 is 5.32 Å². The number of nitrogens with zero attached hydrogens (tertiary/aromatic N) is 1. The van der Waals surface area contributed by atoms with Crippen molar-refractivity contribution in [2.24, 2.45) is 5.92 Å². The van der Waals surface area contributed by atoms with Crippen molar-refractivity contribution < 1.29 is 9.53 Å². The van der Waals surface area contributed by atoms with Crippen molar-refractivity contribution in [2.45, 2.75) is 58.4 Å². The topological polar surface area (TPSA) is 51.2 Å². The number of hydrogen-bond acceptors (Lipinski definition) is 4. The number of nitrogens with one attached hydrogen (secondary N) is 1. The Bertz CT molecular complexity index is 456. The zero-order valence-corrected chi connectivity index (χ0v) is 13.1. The van der Waals surface area contributed by atoms with Gasteiger partial charge in [0.1, 0.15) is 11.4 Å². The van der Waals surface area contributed by atoms with E-state index in [0.29, 0.717) is 29.9 Å². The van der Waals surface area contributed by atoms with Crippen molar-refractivity contribution in [3.63, 3.8) is 0 Å². The van der Waals surface area contributed by atoms with Gasteiger partial charge in [-0.3, -0.25) is 0 Å². The van der Waals surface area contributed by atoms with Gasteiger partial charge in [0.05, 0.1) is 6.61 Å². The number of anilines is 1. The average molecular weight is 290 g/mol. The lowest BCUT2D eigenvalue weighted by Crippen LogP contribution is -2.31. The van der Waals surface area contributed by atoms with Gasteiger partial charge < -0.3 is 10.1 Å². The summed E-state index contributed by atoms with van der Waals surface area (Å²) < 4.78 is 5.11. The monoisotopic (exact) mass is 290 g/mol. The van der Waals surface area contributed by atoms with Gasteiger partial charge in [-0.25, -0.2) is 9.78 Å². The lowest BCUT2D eigenvalue weighted by Gasteiger charge is -2.31. The van der Waals surface area contributed by atoms with Gasteiger partial charge in [0.2, 0.25) is 0 Å². The Morgan fingerprint density at radius 2 is 2.14 bits per heavy atom. The Morgan fingerprint density at radius 1 is 1.38 bits per heavy atom. The van der Waals surface area contributed by atoms with Crippen LogP contribution in [0.4, 0.5) is 5.82 Å². The summed E-state index contributed by atoms with van der Waals surface area (Å²) in [5, 5.41) is 3.49. The molecule has 4 heteroatoms. The average Bonchev–Trinajstić information content (AvgIpc) is 2.54. The third kappa shape index (κ3) is 4.19. The van der Waals surface area contributed by atoms with E-state index in [1.165, 1.54) is 32.1 Å². The first-order chi connectivity index (χ1) is 10.3. The molecule has 1 heterocycles. The third-order valence-electron chi connectivity index (χ3n) is 4.28. The van der Waals surface area contributed by atoms with Crippen LogP contribution in [0.3, 0.4) is 0 Å². The predicted octanol–water partition coefficient (Wildman–Crippen LogP) is 4.03. The molecule has 0 amide bonds. The summed E-state index contributed by atoms with van der Waals surface area (Å²) >= 11 is 0. The fourth-order valence-electron chi connectivity index (χ4n) is 3.16. The molecule has 0 saturated heterocycles. The van der Waals surface area contributed by atoms with Crippen molar-refractivity contribution in [2.75, 3.05) is 11.9 Å². The van der Waals surface area contributed by atoms with Crippen LogP contribution in [0, 0.1) is 5.92 Å². The molecule has 1 N–H and O–H groups in total. The molecule has 1 atom stereocenters. The van der Waals surface area contributed by atoms with Gasteiger partial charge in [0.15, 0.2) is 0 Å². The Kier molecular flexibility index (Phi) is 6.03. The van der Waals surface area contributed by atoms with E-state index < -0.39 is 0 Å². The quantitative estimate of drug-likeness (QED) is 0.804. The summed E-state index contributed by atoms with van der Waals surface area (Å²) in [4.78, 5) is 16.4. The molecule has 1 aliphatic carbocycles. The molecule has 1 aliphatic rings. The van der Waals surface area contributed by atoms with E-state index >= 15 is 0 Å². The van der Waals surface area contributed by atoms with Gasteiger partial charge in [-0.15, -0.1) is 0 Å². The number of carbonyl (C=O) groups is 1. The summed E-state index contributed by atoms with van der Waals surface area (Å²) in [6, 6.07) is 3.94. The van der Waals surface area contributed by atoms with Gasteiger partial charge >= 0.3 is 5.97 Å². The predicted molar refractivity (Wildman–Crippen MR) is 84.5 cm³/mol. The fraction of sp³-hybridized carbons (Fsp3) is 0.647. The zero-order chi connectivity index (χ0) is 15.1. The molecular weight excluding hydrogens is 264 g/mol. The van der Waals surface area contributed by atoms with Crippen molar-refractivity contribution in [3.05, 3.63) is 23.9 Å². The van der Waals surface area contributed by atoms with Crippen molar-refractivity contribution in [1.82, 2.24) is 4.98 Å². The summed E-state index contributed by atoms with van der Waals surface area (Å²) in [6.07, 6.45) is 9.29. The lowest BCUT2D eigenvalue weighted by atomic mass is 9.83. The van der Waals surface area contributed by atoms with E-state index in [4.69, 9.17) is 4.74 Å². The summed E-state index contributed by atoms with van der Waals surface area (Å²) in [5.74, 6) is 1.04. The molecule has 1 aromatic rings. The Labute approximate surface area is 127 Å². The number of ether oxygens (including phenoxy) is 1. The van der Waals surface area contributed by atoms with Crippen molar-refractivity contribution >= 4 is 11.8 Å². The SMILES string of the molecule is CCOC(=O)c1cccnc1NC(CC)C1CCCCC1. The summed E-state index contributed by atoms with van der Waals surface area (Å²) in [6.45, 7) is 4.39. The molecule has 116 valence electrons. The summed E-state index contributed by atoms with van der Waals surface area (Å²) in [7, 11) is 0. The fourth-order valence-corrected chi connectivity index (χ4v) is 3.16. The second-order valence-electron chi connectivity index (χ2n) is 5.68. The second kappa shape index (κ2) is 8.01. The van der Waals surface area contributed by atoms with Crippen LogP contribution >= 0.6 is 0 Å². The number of esters is 1. The van der Waals surface area contributed by atoms with Crippen molar-refractivity contribution in [3.8, 4) is 0 Å². The third-order valence-corrected chi connectivity index (χ3v) is 4.28. The highest BCUT2D eigenvalue weighted by atomic mass is 16.5. The molecule has 1 aromatic heterocycles. The van der Waals surface area contributed by atoms with Crippen LogP contribution in [0.15, 0.2) is 18.3 Å². The van der Waals surface area contributed by atoms with Crippen LogP contribution in [0.2, 0.25) is 0 Å². The van der Waals surface area contributed by atoms with Crippen LogP contribution in [0.25, 0.3) is 0 Å². The number of hydrogen-bond donors (Lipinski definition) is 1. The van der Waals surface area contributed by atoms with E-state index in [-0.39, 0.29) is 5.97 Å². The minimum Gasteiger partial charge on any atom is -0.462 e. The van der Waals surface area contributed by atoms with E-state index in [1.54, 1.807) is 18.3 Å².